The van der Waals surface area contributed by atoms with Gasteiger partial charge in [-0.25, -0.2) is 9.97 Å². The molecule has 156 valence electrons. The fraction of sp³-hybridized carbons (Fsp3) is 0.120. The number of anilines is 2. The van der Waals surface area contributed by atoms with Crippen LogP contribution in [0.15, 0.2) is 73.3 Å². The summed E-state index contributed by atoms with van der Waals surface area (Å²) in [7, 11) is 0. The van der Waals surface area contributed by atoms with Gasteiger partial charge >= 0.3 is 0 Å². The molecule has 0 radical (unpaired) electrons. The third-order valence-electron chi connectivity index (χ3n) is 4.88. The van der Waals surface area contributed by atoms with E-state index in [1.165, 1.54) is 0 Å². The Kier molecular flexibility index (Phi) is 6.40. The van der Waals surface area contributed by atoms with E-state index in [2.05, 4.69) is 24.1 Å². The Labute approximate surface area is 192 Å². The fourth-order valence-electron chi connectivity index (χ4n) is 3.37. The summed E-state index contributed by atoms with van der Waals surface area (Å²) in [4.78, 5) is 9.48. The van der Waals surface area contributed by atoms with Crippen LogP contribution in [0.3, 0.4) is 0 Å². The van der Waals surface area contributed by atoms with E-state index >= 15 is 0 Å². The Bertz CT molecular complexity index is 1230. The van der Waals surface area contributed by atoms with Crippen molar-refractivity contribution in [3.05, 3.63) is 88.9 Å². The van der Waals surface area contributed by atoms with Crippen LogP contribution in [0, 0.1) is 0 Å². The zero-order valence-electron chi connectivity index (χ0n) is 17.1. The summed E-state index contributed by atoms with van der Waals surface area (Å²) in [6, 6.07) is 21.3. The second-order valence-corrected chi connectivity index (χ2v) is 7.90. The lowest BCUT2D eigenvalue weighted by atomic mass is 10.1. The van der Waals surface area contributed by atoms with E-state index in [-0.39, 0.29) is 0 Å². The van der Waals surface area contributed by atoms with Crippen LogP contribution in [0.4, 0.5) is 11.5 Å². The highest BCUT2D eigenvalue weighted by molar-refractivity contribution is 6.39. The van der Waals surface area contributed by atoms with Crippen molar-refractivity contribution >= 4 is 51.3 Å². The van der Waals surface area contributed by atoms with Gasteiger partial charge in [-0.05, 0) is 36.8 Å². The number of benzene rings is 3. The maximum Gasteiger partial charge on any atom is 0.165 e. The molecular formula is C25H22Cl2N4. The van der Waals surface area contributed by atoms with Crippen LogP contribution in [0.1, 0.15) is 18.9 Å². The minimum atomic E-state index is 0.460. The molecule has 4 aromatic rings. The summed E-state index contributed by atoms with van der Waals surface area (Å²) in [6.45, 7) is 7.29. The third kappa shape index (κ3) is 4.50. The quantitative estimate of drug-likeness (QED) is 0.307. The number of nitrogens with zero attached hydrogens (tertiary/aromatic N) is 2. The normalized spacial score (nSPS) is 10.8. The summed E-state index contributed by atoms with van der Waals surface area (Å²) in [5, 5.41) is 8.73. The predicted octanol–water partition coefficient (Wildman–Crippen LogP) is 7.51. The first-order valence-corrected chi connectivity index (χ1v) is 10.8. The van der Waals surface area contributed by atoms with Crippen LogP contribution < -0.4 is 10.6 Å². The molecule has 0 atom stereocenters. The van der Waals surface area contributed by atoms with E-state index in [0.29, 0.717) is 27.3 Å². The maximum absolute atomic E-state index is 6.43. The lowest BCUT2D eigenvalue weighted by molar-refractivity contribution is 0.979. The van der Waals surface area contributed by atoms with Gasteiger partial charge in [0.25, 0.3) is 0 Å². The Morgan fingerprint density at radius 1 is 0.903 bits per heavy atom. The summed E-state index contributed by atoms with van der Waals surface area (Å²) in [6.07, 6.45) is 1.03. The minimum absolute atomic E-state index is 0.460. The van der Waals surface area contributed by atoms with E-state index < -0.39 is 0 Å². The van der Waals surface area contributed by atoms with Crippen molar-refractivity contribution in [3.8, 4) is 11.4 Å². The highest BCUT2D eigenvalue weighted by Gasteiger charge is 2.16. The van der Waals surface area contributed by atoms with Crippen LogP contribution in [0.25, 0.3) is 28.0 Å². The summed E-state index contributed by atoms with van der Waals surface area (Å²) < 4.78 is 0. The number of rotatable bonds is 7. The third-order valence-corrected chi connectivity index (χ3v) is 5.51. The Morgan fingerprint density at radius 3 is 2.39 bits per heavy atom. The lowest BCUT2D eigenvalue weighted by Gasteiger charge is -2.17. The average molecular weight is 449 g/mol. The second-order valence-electron chi connectivity index (χ2n) is 7.09. The first kappa shape index (κ1) is 21.2. The van der Waals surface area contributed by atoms with Gasteiger partial charge in [0.2, 0.25) is 0 Å². The molecule has 3 aromatic carbocycles. The smallest absolute Gasteiger partial charge is 0.165 e. The maximum atomic E-state index is 6.43. The van der Waals surface area contributed by atoms with E-state index in [4.69, 9.17) is 33.2 Å². The topological polar surface area (TPSA) is 49.8 Å². The van der Waals surface area contributed by atoms with Gasteiger partial charge in [-0.15, -0.1) is 0 Å². The standard InChI is InChI=1S/C25H22Cl2N4/c1-3-15-28-21-13-6-4-9-17(21)16(2)29-24-18-10-5-7-14-22(18)30-25(31-24)23-19(26)11-8-12-20(23)27/h4-14,28H,2-3,15H2,1H3,(H,29,30,31). The van der Waals surface area contributed by atoms with Crippen molar-refractivity contribution in [3.63, 3.8) is 0 Å². The molecule has 1 aromatic heterocycles. The molecule has 2 N–H and O–H groups in total. The Hall–Kier alpha value is -3.08. The highest BCUT2D eigenvalue weighted by Crippen LogP contribution is 2.35. The first-order chi connectivity index (χ1) is 15.1. The van der Waals surface area contributed by atoms with Crippen LogP contribution in [0.5, 0.6) is 0 Å². The molecule has 4 nitrogen and oxygen atoms in total. The summed E-state index contributed by atoms with van der Waals surface area (Å²) in [5.41, 5.74) is 4.14. The highest BCUT2D eigenvalue weighted by atomic mass is 35.5. The van der Waals surface area contributed by atoms with Crippen molar-refractivity contribution < 1.29 is 0 Å². The number of para-hydroxylation sites is 2. The monoisotopic (exact) mass is 448 g/mol. The molecule has 0 saturated heterocycles. The molecule has 0 bridgehead atoms. The molecule has 0 amide bonds. The number of aromatic nitrogens is 2. The van der Waals surface area contributed by atoms with Gasteiger partial charge in [-0.2, -0.15) is 0 Å². The van der Waals surface area contributed by atoms with Gasteiger partial charge in [-0.1, -0.05) is 73.1 Å². The molecule has 0 aliphatic carbocycles. The van der Waals surface area contributed by atoms with E-state index in [9.17, 15) is 0 Å². The molecule has 6 heteroatoms. The zero-order valence-corrected chi connectivity index (χ0v) is 18.6. The molecule has 0 fully saturated rings. The summed E-state index contributed by atoms with van der Waals surface area (Å²) >= 11 is 12.9. The van der Waals surface area contributed by atoms with E-state index in [0.717, 1.165) is 40.8 Å². The van der Waals surface area contributed by atoms with Crippen LogP contribution in [-0.2, 0) is 0 Å². The number of hydrogen-bond donors (Lipinski definition) is 2. The molecule has 1 heterocycles. The predicted molar refractivity (Wildman–Crippen MR) is 133 cm³/mol. The summed E-state index contributed by atoms with van der Waals surface area (Å²) in [5.74, 6) is 1.11. The van der Waals surface area contributed by atoms with Crippen molar-refractivity contribution in [2.75, 3.05) is 17.2 Å². The molecule has 31 heavy (non-hydrogen) atoms. The van der Waals surface area contributed by atoms with E-state index in [1.807, 2.05) is 48.5 Å². The first-order valence-electron chi connectivity index (χ1n) is 10.1. The van der Waals surface area contributed by atoms with Gasteiger partial charge in [0.1, 0.15) is 5.82 Å². The van der Waals surface area contributed by atoms with Gasteiger partial charge in [0.15, 0.2) is 5.82 Å². The van der Waals surface area contributed by atoms with Crippen LogP contribution >= 0.6 is 23.2 Å². The molecular weight excluding hydrogens is 427 g/mol. The fourth-order valence-corrected chi connectivity index (χ4v) is 3.93. The minimum Gasteiger partial charge on any atom is -0.385 e. The van der Waals surface area contributed by atoms with Gasteiger partial charge in [0.05, 0.1) is 21.1 Å². The SMILES string of the molecule is C=C(Nc1nc(-c2c(Cl)cccc2Cl)nc2ccccc12)c1ccccc1NCCC. The molecule has 0 saturated carbocycles. The molecule has 0 aliphatic rings. The van der Waals surface area contributed by atoms with Crippen molar-refractivity contribution in [2.24, 2.45) is 0 Å². The zero-order chi connectivity index (χ0) is 21.8. The van der Waals surface area contributed by atoms with Gasteiger partial charge in [0, 0.05) is 28.9 Å². The Balaban J connectivity index is 1.79. The van der Waals surface area contributed by atoms with Gasteiger partial charge in [-0.3, -0.25) is 0 Å². The molecule has 0 unspecified atom stereocenters. The average Bonchev–Trinajstić information content (AvgIpc) is 2.78. The number of nitrogens with one attached hydrogen (secondary N) is 2. The van der Waals surface area contributed by atoms with Gasteiger partial charge < -0.3 is 10.6 Å². The molecule has 0 aliphatic heterocycles. The van der Waals surface area contributed by atoms with Crippen molar-refractivity contribution in [2.45, 2.75) is 13.3 Å². The van der Waals surface area contributed by atoms with Crippen LogP contribution in [-0.4, -0.2) is 16.5 Å². The van der Waals surface area contributed by atoms with Crippen molar-refractivity contribution in [1.29, 1.82) is 0 Å². The largest absolute Gasteiger partial charge is 0.385 e. The van der Waals surface area contributed by atoms with Crippen LogP contribution in [0.2, 0.25) is 10.0 Å². The second kappa shape index (κ2) is 9.38. The lowest BCUT2D eigenvalue weighted by Crippen LogP contribution is -2.07. The Morgan fingerprint density at radius 2 is 1.61 bits per heavy atom. The van der Waals surface area contributed by atoms with E-state index in [1.54, 1.807) is 18.2 Å². The number of halogens is 2. The molecule has 0 spiro atoms. The number of hydrogen-bond acceptors (Lipinski definition) is 4. The van der Waals surface area contributed by atoms with Crippen molar-refractivity contribution in [1.82, 2.24) is 9.97 Å². The molecule has 4 rings (SSSR count). The number of fused-ring (bicyclic) bond motifs is 1.